The SMILES string of the molecule is O=C(O)C1CCCn2c(Cc3ccc(Cl)cc3)nnc21. The summed E-state index contributed by atoms with van der Waals surface area (Å²) in [5.74, 6) is 0.0348. The van der Waals surface area contributed by atoms with Crippen LogP contribution in [-0.4, -0.2) is 25.8 Å². The van der Waals surface area contributed by atoms with Crippen molar-refractivity contribution in [2.24, 2.45) is 0 Å². The number of nitrogens with zero attached hydrogens (tertiary/aromatic N) is 3. The van der Waals surface area contributed by atoms with Gasteiger partial charge in [-0.1, -0.05) is 23.7 Å². The number of aliphatic carboxylic acids is 1. The molecule has 1 unspecified atom stereocenters. The van der Waals surface area contributed by atoms with Crippen LogP contribution in [0.2, 0.25) is 5.02 Å². The summed E-state index contributed by atoms with van der Waals surface area (Å²) >= 11 is 5.86. The first-order valence-electron chi connectivity index (χ1n) is 6.54. The summed E-state index contributed by atoms with van der Waals surface area (Å²) in [5, 5.41) is 18.2. The molecule has 2 heterocycles. The number of hydrogen-bond acceptors (Lipinski definition) is 3. The van der Waals surface area contributed by atoms with Crippen LogP contribution < -0.4 is 0 Å². The predicted molar refractivity (Wildman–Crippen MR) is 73.9 cm³/mol. The third-order valence-corrected chi connectivity index (χ3v) is 3.87. The molecule has 2 aromatic rings. The average Bonchev–Trinajstić information content (AvgIpc) is 2.84. The summed E-state index contributed by atoms with van der Waals surface area (Å²) in [4.78, 5) is 11.2. The van der Waals surface area contributed by atoms with Crippen LogP contribution in [0.3, 0.4) is 0 Å². The Morgan fingerprint density at radius 2 is 2.10 bits per heavy atom. The van der Waals surface area contributed by atoms with E-state index in [0.717, 1.165) is 24.4 Å². The van der Waals surface area contributed by atoms with E-state index in [1.54, 1.807) is 0 Å². The van der Waals surface area contributed by atoms with E-state index in [9.17, 15) is 9.90 Å². The summed E-state index contributed by atoms with van der Waals surface area (Å²) in [5.41, 5.74) is 1.09. The summed E-state index contributed by atoms with van der Waals surface area (Å²) < 4.78 is 1.94. The summed E-state index contributed by atoms with van der Waals surface area (Å²) in [6.45, 7) is 0.787. The molecule has 0 fully saturated rings. The largest absolute Gasteiger partial charge is 0.481 e. The Morgan fingerprint density at radius 3 is 2.80 bits per heavy atom. The maximum absolute atomic E-state index is 11.2. The molecule has 1 N–H and O–H groups in total. The van der Waals surface area contributed by atoms with Crippen molar-refractivity contribution in [2.45, 2.75) is 31.7 Å². The van der Waals surface area contributed by atoms with Gasteiger partial charge in [0.05, 0.1) is 0 Å². The van der Waals surface area contributed by atoms with Crippen LogP contribution in [0.4, 0.5) is 0 Å². The normalized spacial score (nSPS) is 17.8. The zero-order valence-electron chi connectivity index (χ0n) is 10.8. The van der Waals surface area contributed by atoms with E-state index in [1.165, 1.54) is 0 Å². The first kappa shape index (κ1) is 13.1. The summed E-state index contributed by atoms with van der Waals surface area (Å²) in [7, 11) is 0. The molecule has 0 amide bonds. The number of benzene rings is 1. The molecule has 5 nitrogen and oxygen atoms in total. The second-order valence-electron chi connectivity index (χ2n) is 4.96. The summed E-state index contributed by atoms with van der Waals surface area (Å²) in [6.07, 6.45) is 2.11. The number of hydrogen-bond donors (Lipinski definition) is 1. The van der Waals surface area contributed by atoms with Gasteiger partial charge >= 0.3 is 5.97 Å². The highest BCUT2D eigenvalue weighted by atomic mass is 35.5. The van der Waals surface area contributed by atoms with Crippen LogP contribution >= 0.6 is 11.6 Å². The lowest BCUT2D eigenvalue weighted by Gasteiger charge is -2.20. The van der Waals surface area contributed by atoms with Gasteiger partial charge in [-0.05, 0) is 30.5 Å². The molecule has 3 rings (SSSR count). The van der Waals surface area contributed by atoms with Crippen LogP contribution in [0.5, 0.6) is 0 Å². The van der Waals surface area contributed by atoms with Gasteiger partial charge < -0.3 is 9.67 Å². The standard InChI is InChI=1S/C14H14ClN3O2/c15-10-5-3-9(4-6-10)8-12-16-17-13-11(14(19)20)2-1-7-18(12)13/h3-6,11H,1-2,7-8H2,(H,19,20). The minimum Gasteiger partial charge on any atom is -0.481 e. The van der Waals surface area contributed by atoms with Crippen LogP contribution in [0.25, 0.3) is 0 Å². The number of carboxylic acid groups (broad SMARTS) is 1. The highest BCUT2D eigenvalue weighted by molar-refractivity contribution is 6.30. The van der Waals surface area contributed by atoms with E-state index in [-0.39, 0.29) is 0 Å². The van der Waals surface area contributed by atoms with Crippen molar-refractivity contribution in [3.05, 3.63) is 46.5 Å². The fourth-order valence-electron chi connectivity index (χ4n) is 2.58. The number of fused-ring (bicyclic) bond motifs is 1. The summed E-state index contributed by atoms with van der Waals surface area (Å²) in [6, 6.07) is 7.57. The fourth-order valence-corrected chi connectivity index (χ4v) is 2.71. The van der Waals surface area contributed by atoms with Crippen molar-refractivity contribution in [3.63, 3.8) is 0 Å². The average molecular weight is 292 g/mol. The molecule has 0 spiro atoms. The van der Waals surface area contributed by atoms with E-state index < -0.39 is 11.9 Å². The number of aromatic nitrogens is 3. The van der Waals surface area contributed by atoms with Gasteiger partial charge in [0.15, 0.2) is 0 Å². The van der Waals surface area contributed by atoms with Crippen molar-refractivity contribution in [3.8, 4) is 0 Å². The minimum absolute atomic E-state index is 0.532. The molecule has 1 aromatic heterocycles. The first-order valence-corrected chi connectivity index (χ1v) is 6.92. The van der Waals surface area contributed by atoms with E-state index in [1.807, 2.05) is 28.8 Å². The lowest BCUT2D eigenvalue weighted by atomic mass is 9.99. The Kier molecular flexibility index (Phi) is 3.44. The first-order chi connectivity index (χ1) is 9.65. The Morgan fingerprint density at radius 1 is 1.35 bits per heavy atom. The zero-order valence-corrected chi connectivity index (χ0v) is 11.5. The van der Waals surface area contributed by atoms with Gasteiger partial charge in [0.2, 0.25) is 0 Å². The maximum atomic E-state index is 11.2. The minimum atomic E-state index is -0.823. The molecule has 1 aliphatic heterocycles. The number of rotatable bonds is 3. The van der Waals surface area contributed by atoms with E-state index >= 15 is 0 Å². The topological polar surface area (TPSA) is 68.0 Å². The lowest BCUT2D eigenvalue weighted by Crippen LogP contribution is -2.23. The highest BCUT2D eigenvalue weighted by Crippen LogP contribution is 2.27. The van der Waals surface area contributed by atoms with E-state index in [2.05, 4.69) is 10.2 Å². The van der Waals surface area contributed by atoms with Crippen molar-refractivity contribution in [1.29, 1.82) is 0 Å². The smallest absolute Gasteiger partial charge is 0.314 e. The third-order valence-electron chi connectivity index (χ3n) is 3.62. The van der Waals surface area contributed by atoms with Gasteiger partial charge in [-0.15, -0.1) is 10.2 Å². The van der Waals surface area contributed by atoms with Gasteiger partial charge in [-0.25, -0.2) is 0 Å². The molecular weight excluding hydrogens is 278 g/mol. The Bertz CT molecular complexity index is 636. The van der Waals surface area contributed by atoms with Gasteiger partial charge in [-0.2, -0.15) is 0 Å². The fraction of sp³-hybridized carbons (Fsp3) is 0.357. The molecule has 104 valence electrons. The molecule has 1 aliphatic rings. The molecule has 0 bridgehead atoms. The number of carbonyl (C=O) groups is 1. The quantitative estimate of drug-likeness (QED) is 0.943. The Hall–Kier alpha value is -1.88. The Labute approximate surface area is 121 Å². The van der Waals surface area contributed by atoms with Crippen LogP contribution in [0.1, 0.15) is 36.0 Å². The molecule has 0 aliphatic carbocycles. The van der Waals surface area contributed by atoms with Crippen molar-refractivity contribution >= 4 is 17.6 Å². The third kappa shape index (κ3) is 2.41. The van der Waals surface area contributed by atoms with Gasteiger partial charge in [0.25, 0.3) is 0 Å². The Balaban J connectivity index is 1.89. The van der Waals surface area contributed by atoms with E-state index in [4.69, 9.17) is 11.6 Å². The van der Waals surface area contributed by atoms with Gasteiger partial charge in [0.1, 0.15) is 17.6 Å². The van der Waals surface area contributed by atoms with Gasteiger partial charge in [-0.3, -0.25) is 4.79 Å². The van der Waals surface area contributed by atoms with Crippen molar-refractivity contribution < 1.29 is 9.90 Å². The predicted octanol–water partition coefficient (Wildman–Crippen LogP) is 2.48. The molecule has 6 heteroatoms. The van der Waals surface area contributed by atoms with Crippen molar-refractivity contribution in [2.75, 3.05) is 0 Å². The van der Waals surface area contributed by atoms with Crippen LogP contribution in [0.15, 0.2) is 24.3 Å². The molecular formula is C14H14ClN3O2. The second kappa shape index (κ2) is 5.25. The molecule has 0 radical (unpaired) electrons. The van der Waals surface area contributed by atoms with Crippen LogP contribution in [0, 0.1) is 0 Å². The molecule has 0 saturated carbocycles. The van der Waals surface area contributed by atoms with Gasteiger partial charge in [0, 0.05) is 18.0 Å². The molecule has 0 saturated heterocycles. The lowest BCUT2D eigenvalue weighted by molar-refractivity contribution is -0.139. The molecule has 20 heavy (non-hydrogen) atoms. The molecule has 1 aromatic carbocycles. The maximum Gasteiger partial charge on any atom is 0.314 e. The van der Waals surface area contributed by atoms with Crippen LogP contribution in [-0.2, 0) is 17.8 Å². The zero-order chi connectivity index (χ0) is 14.1. The second-order valence-corrected chi connectivity index (χ2v) is 5.40. The molecule has 1 atom stereocenters. The number of carboxylic acids is 1. The monoisotopic (exact) mass is 291 g/mol. The highest BCUT2D eigenvalue weighted by Gasteiger charge is 2.30. The van der Waals surface area contributed by atoms with E-state index in [0.29, 0.717) is 23.7 Å². The van der Waals surface area contributed by atoms with Crippen molar-refractivity contribution in [1.82, 2.24) is 14.8 Å². The number of halogens is 1.